The van der Waals surface area contributed by atoms with Crippen molar-refractivity contribution in [3.05, 3.63) is 134 Å². The first-order valence-corrected chi connectivity index (χ1v) is 13.4. The number of nitrogens with zero attached hydrogens (tertiary/aromatic N) is 5. The first kappa shape index (κ1) is 22.6. The lowest BCUT2D eigenvalue weighted by Crippen LogP contribution is -1.96. The maximum absolute atomic E-state index is 5.10. The lowest BCUT2D eigenvalue weighted by Gasteiger charge is -2.11. The Balaban J connectivity index is 1.33. The molecule has 0 aliphatic heterocycles. The van der Waals surface area contributed by atoms with Crippen molar-refractivity contribution in [2.75, 3.05) is 0 Å². The third-order valence-corrected chi connectivity index (χ3v) is 7.76. The number of benzene rings is 4. The molecule has 0 spiro atoms. The van der Waals surface area contributed by atoms with Crippen LogP contribution in [-0.4, -0.2) is 23.7 Å². The number of pyridine rings is 1. The third-order valence-electron chi connectivity index (χ3n) is 7.76. The molecule has 0 radical (unpaired) electrons. The minimum Gasteiger partial charge on any atom is -0.327 e. The Hall–Kier alpha value is -5.42. The number of aryl methyl sites for hydroxylation is 1. The topological polar surface area (TPSA) is 40.6 Å². The Kier molecular flexibility index (Phi) is 4.97. The highest BCUT2D eigenvalue weighted by Gasteiger charge is 2.16. The summed E-state index contributed by atoms with van der Waals surface area (Å²) in [6, 6.07) is 40.5. The molecule has 5 nitrogen and oxygen atoms in total. The van der Waals surface area contributed by atoms with Gasteiger partial charge < -0.3 is 13.7 Å². The maximum Gasteiger partial charge on any atom is 0.140 e. The molecule has 0 unspecified atom stereocenters. The van der Waals surface area contributed by atoms with Crippen LogP contribution >= 0.6 is 0 Å². The van der Waals surface area contributed by atoms with E-state index in [-0.39, 0.29) is 0 Å². The van der Waals surface area contributed by atoms with Gasteiger partial charge in [-0.05, 0) is 66.7 Å². The average molecular weight is 516 g/mol. The van der Waals surface area contributed by atoms with Crippen molar-refractivity contribution in [3.8, 4) is 34.0 Å². The Bertz CT molecular complexity index is 2170. The molecule has 0 saturated heterocycles. The van der Waals surface area contributed by atoms with Gasteiger partial charge in [-0.15, -0.1) is 0 Å². The smallest absolute Gasteiger partial charge is 0.140 e. The van der Waals surface area contributed by atoms with Crippen LogP contribution in [0.2, 0.25) is 0 Å². The molecule has 5 heteroatoms. The van der Waals surface area contributed by atoms with E-state index in [1.54, 1.807) is 0 Å². The van der Waals surface area contributed by atoms with E-state index in [1.165, 1.54) is 16.3 Å². The number of hydrogen-bond donors (Lipinski definition) is 0. The molecule has 8 aromatic rings. The minimum absolute atomic E-state index is 0.945. The van der Waals surface area contributed by atoms with Gasteiger partial charge in [-0.25, -0.2) is 4.98 Å². The second-order valence-electron chi connectivity index (χ2n) is 10.1. The van der Waals surface area contributed by atoms with Crippen molar-refractivity contribution in [2.24, 2.45) is 7.05 Å². The molecule has 0 amide bonds. The predicted octanol–water partition coefficient (Wildman–Crippen LogP) is 8.19. The van der Waals surface area contributed by atoms with E-state index in [4.69, 9.17) is 4.98 Å². The SMILES string of the molecule is Cn1c(-c2ccc3c4ccccc4n(-c4cccc(-c5ccccn5)c4)c3c2)nc2cc(-n3cccc3)ccc21. The largest absolute Gasteiger partial charge is 0.327 e. The van der Waals surface area contributed by atoms with Gasteiger partial charge in [-0.1, -0.05) is 48.5 Å². The third kappa shape index (κ3) is 3.48. The van der Waals surface area contributed by atoms with Crippen molar-refractivity contribution in [3.63, 3.8) is 0 Å². The number of imidazole rings is 1. The number of para-hydroxylation sites is 1. The van der Waals surface area contributed by atoms with E-state index >= 15 is 0 Å². The zero-order chi connectivity index (χ0) is 26.6. The highest BCUT2D eigenvalue weighted by atomic mass is 15.1. The highest BCUT2D eigenvalue weighted by Crippen LogP contribution is 2.36. The van der Waals surface area contributed by atoms with E-state index in [9.17, 15) is 0 Å². The molecule has 40 heavy (non-hydrogen) atoms. The van der Waals surface area contributed by atoms with Crippen molar-refractivity contribution < 1.29 is 0 Å². The van der Waals surface area contributed by atoms with Gasteiger partial charge >= 0.3 is 0 Å². The number of aromatic nitrogens is 5. The van der Waals surface area contributed by atoms with Gasteiger partial charge in [0, 0.05) is 58.9 Å². The summed E-state index contributed by atoms with van der Waals surface area (Å²) in [6.45, 7) is 0. The van der Waals surface area contributed by atoms with E-state index in [2.05, 4.69) is 129 Å². The van der Waals surface area contributed by atoms with Crippen LogP contribution < -0.4 is 0 Å². The maximum atomic E-state index is 5.10. The first-order valence-electron chi connectivity index (χ1n) is 13.4. The van der Waals surface area contributed by atoms with Crippen molar-refractivity contribution in [1.82, 2.24) is 23.7 Å². The molecule has 0 saturated carbocycles. The zero-order valence-corrected chi connectivity index (χ0v) is 21.9. The van der Waals surface area contributed by atoms with E-state index in [1.807, 2.05) is 30.5 Å². The minimum atomic E-state index is 0.945. The summed E-state index contributed by atoms with van der Waals surface area (Å²) in [5, 5.41) is 2.45. The van der Waals surface area contributed by atoms with Gasteiger partial charge in [0.1, 0.15) is 5.82 Å². The van der Waals surface area contributed by atoms with E-state index in [0.29, 0.717) is 0 Å². The van der Waals surface area contributed by atoms with E-state index in [0.717, 1.165) is 50.6 Å². The lowest BCUT2D eigenvalue weighted by molar-refractivity contribution is 0.959. The first-order chi connectivity index (χ1) is 19.7. The molecule has 190 valence electrons. The van der Waals surface area contributed by atoms with Gasteiger partial charge in [0.25, 0.3) is 0 Å². The van der Waals surface area contributed by atoms with Crippen LogP contribution in [0.3, 0.4) is 0 Å². The molecule has 0 fully saturated rings. The van der Waals surface area contributed by atoms with Crippen LogP contribution in [0, 0.1) is 0 Å². The molecular weight excluding hydrogens is 490 g/mol. The molecule has 0 aliphatic rings. The zero-order valence-electron chi connectivity index (χ0n) is 21.9. The average Bonchev–Trinajstić information content (AvgIpc) is 3.74. The van der Waals surface area contributed by atoms with Crippen molar-refractivity contribution in [1.29, 1.82) is 0 Å². The summed E-state index contributed by atoms with van der Waals surface area (Å²) < 4.78 is 6.65. The highest BCUT2D eigenvalue weighted by molar-refractivity contribution is 6.10. The summed E-state index contributed by atoms with van der Waals surface area (Å²) in [6.07, 6.45) is 5.95. The van der Waals surface area contributed by atoms with Crippen LogP contribution in [0.1, 0.15) is 0 Å². The molecule has 8 rings (SSSR count). The Morgan fingerprint density at radius 1 is 0.575 bits per heavy atom. The van der Waals surface area contributed by atoms with Gasteiger partial charge in [-0.2, -0.15) is 0 Å². The van der Waals surface area contributed by atoms with Gasteiger partial charge in [0.15, 0.2) is 0 Å². The number of fused-ring (bicyclic) bond motifs is 4. The summed E-state index contributed by atoms with van der Waals surface area (Å²) in [5.41, 5.74) is 9.75. The van der Waals surface area contributed by atoms with E-state index < -0.39 is 0 Å². The fraction of sp³-hybridized carbons (Fsp3) is 0.0286. The molecule has 0 atom stereocenters. The number of rotatable bonds is 4. The van der Waals surface area contributed by atoms with Crippen LogP contribution in [0.25, 0.3) is 66.9 Å². The standard InChI is InChI=1S/C35H25N5/c1-38-33-17-15-26(39-19-6-7-20-39)23-31(33)37-35(38)25-14-16-29-28-11-2-3-13-32(28)40(34(29)22-25)27-10-8-9-24(21-27)30-12-4-5-18-36-30/h2-23H,1H3. The molecule has 0 bridgehead atoms. The van der Waals surface area contributed by atoms with Crippen molar-refractivity contribution >= 4 is 32.8 Å². The Labute approximate surface area is 231 Å². The van der Waals surface area contributed by atoms with Crippen LogP contribution in [0.4, 0.5) is 0 Å². The molecular formula is C35H25N5. The van der Waals surface area contributed by atoms with Crippen LogP contribution in [0.15, 0.2) is 134 Å². The van der Waals surface area contributed by atoms with Crippen LogP contribution in [0.5, 0.6) is 0 Å². The van der Waals surface area contributed by atoms with Gasteiger partial charge in [0.2, 0.25) is 0 Å². The lowest BCUT2D eigenvalue weighted by atomic mass is 10.1. The molecule has 0 N–H and O–H groups in total. The van der Waals surface area contributed by atoms with Crippen LogP contribution in [-0.2, 0) is 7.05 Å². The Morgan fingerprint density at radius 2 is 1.43 bits per heavy atom. The monoisotopic (exact) mass is 515 g/mol. The summed E-state index contributed by atoms with van der Waals surface area (Å²) in [7, 11) is 2.09. The summed E-state index contributed by atoms with van der Waals surface area (Å²) >= 11 is 0. The predicted molar refractivity (Wildman–Crippen MR) is 163 cm³/mol. The summed E-state index contributed by atoms with van der Waals surface area (Å²) in [4.78, 5) is 9.68. The second-order valence-corrected chi connectivity index (χ2v) is 10.1. The quantitative estimate of drug-likeness (QED) is 0.237. The van der Waals surface area contributed by atoms with Gasteiger partial charge in [-0.3, -0.25) is 4.98 Å². The second kappa shape index (κ2) is 8.82. The van der Waals surface area contributed by atoms with Crippen molar-refractivity contribution in [2.45, 2.75) is 0 Å². The molecule has 4 aromatic heterocycles. The fourth-order valence-corrected chi connectivity index (χ4v) is 5.84. The number of hydrogen-bond acceptors (Lipinski definition) is 2. The summed E-state index contributed by atoms with van der Waals surface area (Å²) in [5.74, 6) is 0.945. The molecule has 0 aliphatic carbocycles. The molecule has 4 aromatic carbocycles. The molecule has 4 heterocycles. The Morgan fingerprint density at radius 3 is 2.30 bits per heavy atom. The normalized spacial score (nSPS) is 11.6. The fourth-order valence-electron chi connectivity index (χ4n) is 5.84. The van der Waals surface area contributed by atoms with Gasteiger partial charge in [0.05, 0.1) is 27.8 Å².